The zero-order chi connectivity index (χ0) is 13.2. The summed E-state index contributed by atoms with van der Waals surface area (Å²) in [6.07, 6.45) is 1.54. The second-order valence-electron chi connectivity index (χ2n) is 5.10. The number of hydrogen-bond donors (Lipinski definition) is 1. The maximum Gasteiger partial charge on any atom is 0.0796 e. The summed E-state index contributed by atoms with van der Waals surface area (Å²) >= 11 is 0. The maximum absolute atomic E-state index is 9.97. The van der Waals surface area contributed by atoms with Gasteiger partial charge in [-0.05, 0) is 52.8 Å². The average molecular weight is 254 g/mol. The van der Waals surface area contributed by atoms with E-state index in [2.05, 4.69) is 36.4 Å². The van der Waals surface area contributed by atoms with Crippen LogP contribution in [-0.4, -0.2) is 12.2 Å². The lowest BCUT2D eigenvalue weighted by Crippen LogP contribution is -1.92. The summed E-state index contributed by atoms with van der Waals surface area (Å²) in [7, 11) is 1.71. The van der Waals surface area contributed by atoms with Crippen molar-refractivity contribution in [3.8, 4) is 11.1 Å². The Morgan fingerprint density at radius 3 is 2.84 bits per heavy atom. The van der Waals surface area contributed by atoms with Crippen LogP contribution in [-0.2, 0) is 17.8 Å². The largest absolute Gasteiger partial charge is 0.388 e. The SMILES string of the molecule is COCc1cccc(-c2ccc3c(c2)[C@@H](O)CC3)c1. The first-order valence-corrected chi connectivity index (χ1v) is 6.67. The van der Waals surface area contributed by atoms with Crippen LogP contribution in [0.25, 0.3) is 11.1 Å². The number of methoxy groups -OCH3 is 1. The van der Waals surface area contributed by atoms with Crippen molar-refractivity contribution in [1.82, 2.24) is 0 Å². The van der Waals surface area contributed by atoms with Crippen LogP contribution >= 0.6 is 0 Å². The smallest absolute Gasteiger partial charge is 0.0796 e. The van der Waals surface area contributed by atoms with Crippen LogP contribution in [0.5, 0.6) is 0 Å². The lowest BCUT2D eigenvalue weighted by atomic mass is 9.99. The molecule has 0 saturated heterocycles. The molecule has 1 atom stereocenters. The second-order valence-corrected chi connectivity index (χ2v) is 5.10. The van der Waals surface area contributed by atoms with Gasteiger partial charge >= 0.3 is 0 Å². The number of hydrogen-bond acceptors (Lipinski definition) is 2. The molecule has 0 bridgehead atoms. The second kappa shape index (κ2) is 5.16. The first kappa shape index (κ1) is 12.4. The third-order valence-electron chi connectivity index (χ3n) is 3.76. The van der Waals surface area contributed by atoms with Crippen molar-refractivity contribution in [3.05, 3.63) is 59.2 Å². The van der Waals surface area contributed by atoms with Gasteiger partial charge in [-0.2, -0.15) is 0 Å². The van der Waals surface area contributed by atoms with Crippen molar-refractivity contribution in [3.63, 3.8) is 0 Å². The van der Waals surface area contributed by atoms with Gasteiger partial charge in [0, 0.05) is 7.11 Å². The standard InChI is InChI=1S/C17H18O2/c1-19-11-12-3-2-4-14(9-12)15-6-5-13-7-8-17(18)16(13)10-15/h2-6,9-10,17-18H,7-8,11H2,1H3/t17-/m0/s1. The summed E-state index contributed by atoms with van der Waals surface area (Å²) in [6.45, 7) is 0.626. The Hall–Kier alpha value is -1.64. The predicted octanol–water partition coefficient (Wildman–Crippen LogP) is 3.48. The van der Waals surface area contributed by atoms with Crippen molar-refractivity contribution in [1.29, 1.82) is 0 Å². The third kappa shape index (κ3) is 2.42. The molecule has 1 aliphatic carbocycles. The minimum atomic E-state index is -0.294. The van der Waals surface area contributed by atoms with E-state index in [4.69, 9.17) is 4.74 Å². The number of aryl methyl sites for hydroxylation is 1. The van der Waals surface area contributed by atoms with E-state index < -0.39 is 0 Å². The van der Waals surface area contributed by atoms with Gasteiger partial charge in [0.15, 0.2) is 0 Å². The first-order valence-electron chi connectivity index (χ1n) is 6.67. The first-order chi connectivity index (χ1) is 9.28. The molecule has 0 unspecified atom stereocenters. The Morgan fingerprint density at radius 1 is 1.16 bits per heavy atom. The molecule has 98 valence electrons. The molecule has 2 aromatic carbocycles. The van der Waals surface area contributed by atoms with E-state index in [9.17, 15) is 5.11 Å². The molecular formula is C17H18O2. The molecule has 0 spiro atoms. The fourth-order valence-corrected chi connectivity index (χ4v) is 2.77. The number of benzene rings is 2. The minimum absolute atomic E-state index is 0.294. The van der Waals surface area contributed by atoms with Gasteiger partial charge in [0.05, 0.1) is 12.7 Å². The number of ether oxygens (including phenoxy) is 1. The quantitative estimate of drug-likeness (QED) is 0.908. The molecule has 0 amide bonds. The zero-order valence-electron chi connectivity index (χ0n) is 11.1. The summed E-state index contributed by atoms with van der Waals surface area (Å²) < 4.78 is 5.17. The highest BCUT2D eigenvalue weighted by molar-refractivity contribution is 5.66. The zero-order valence-corrected chi connectivity index (χ0v) is 11.1. The molecule has 0 aromatic heterocycles. The summed E-state index contributed by atoms with van der Waals surface area (Å²) in [5, 5.41) is 9.97. The molecule has 1 N–H and O–H groups in total. The highest BCUT2D eigenvalue weighted by Crippen LogP contribution is 2.34. The molecule has 0 heterocycles. The molecule has 0 saturated carbocycles. The summed E-state index contributed by atoms with van der Waals surface area (Å²) in [5.74, 6) is 0. The van der Waals surface area contributed by atoms with Gasteiger partial charge in [-0.25, -0.2) is 0 Å². The molecule has 2 aromatic rings. The topological polar surface area (TPSA) is 29.5 Å². The Kier molecular flexibility index (Phi) is 3.36. The maximum atomic E-state index is 9.97. The van der Waals surface area contributed by atoms with Crippen molar-refractivity contribution in [2.24, 2.45) is 0 Å². The van der Waals surface area contributed by atoms with E-state index >= 15 is 0 Å². The van der Waals surface area contributed by atoms with Crippen LogP contribution < -0.4 is 0 Å². The molecule has 1 aliphatic rings. The summed E-state index contributed by atoms with van der Waals surface area (Å²) in [6, 6.07) is 14.8. The lowest BCUT2D eigenvalue weighted by molar-refractivity contribution is 0.180. The molecule has 2 heteroatoms. The number of aliphatic hydroxyl groups is 1. The molecule has 2 nitrogen and oxygen atoms in total. The van der Waals surface area contributed by atoms with E-state index in [0.717, 1.165) is 24.0 Å². The van der Waals surface area contributed by atoms with E-state index in [1.165, 1.54) is 16.7 Å². The van der Waals surface area contributed by atoms with Crippen molar-refractivity contribution in [2.75, 3.05) is 7.11 Å². The number of fused-ring (bicyclic) bond motifs is 1. The van der Waals surface area contributed by atoms with Crippen LogP contribution in [0.2, 0.25) is 0 Å². The van der Waals surface area contributed by atoms with Gasteiger partial charge in [-0.3, -0.25) is 0 Å². The summed E-state index contributed by atoms with van der Waals surface area (Å²) in [5.41, 5.74) is 5.88. The van der Waals surface area contributed by atoms with Gasteiger partial charge in [-0.15, -0.1) is 0 Å². The Balaban J connectivity index is 1.98. The van der Waals surface area contributed by atoms with Crippen molar-refractivity contribution >= 4 is 0 Å². The molecule has 0 aliphatic heterocycles. The van der Waals surface area contributed by atoms with Crippen LogP contribution in [0.15, 0.2) is 42.5 Å². The number of aliphatic hydroxyl groups excluding tert-OH is 1. The molecule has 19 heavy (non-hydrogen) atoms. The van der Waals surface area contributed by atoms with Crippen LogP contribution in [0.1, 0.15) is 29.2 Å². The van der Waals surface area contributed by atoms with Gasteiger partial charge in [0.2, 0.25) is 0 Å². The Labute approximate surface area is 113 Å². The lowest BCUT2D eigenvalue weighted by Gasteiger charge is -2.09. The summed E-state index contributed by atoms with van der Waals surface area (Å²) in [4.78, 5) is 0. The highest BCUT2D eigenvalue weighted by Gasteiger charge is 2.20. The van der Waals surface area contributed by atoms with Crippen LogP contribution in [0, 0.1) is 0 Å². The van der Waals surface area contributed by atoms with Gasteiger partial charge in [0.25, 0.3) is 0 Å². The Bertz CT molecular complexity index is 590. The van der Waals surface area contributed by atoms with Gasteiger partial charge in [-0.1, -0.05) is 30.3 Å². The average Bonchev–Trinajstić information content (AvgIpc) is 2.81. The third-order valence-corrected chi connectivity index (χ3v) is 3.76. The van der Waals surface area contributed by atoms with Gasteiger partial charge < -0.3 is 9.84 Å². The van der Waals surface area contributed by atoms with E-state index in [1.807, 2.05) is 6.07 Å². The Morgan fingerprint density at radius 2 is 2.00 bits per heavy atom. The predicted molar refractivity (Wildman–Crippen MR) is 75.9 cm³/mol. The van der Waals surface area contributed by atoms with E-state index in [0.29, 0.717) is 6.61 Å². The molecular weight excluding hydrogens is 236 g/mol. The molecule has 0 radical (unpaired) electrons. The molecule has 0 fully saturated rings. The monoisotopic (exact) mass is 254 g/mol. The van der Waals surface area contributed by atoms with Crippen molar-refractivity contribution in [2.45, 2.75) is 25.6 Å². The minimum Gasteiger partial charge on any atom is -0.388 e. The van der Waals surface area contributed by atoms with E-state index in [-0.39, 0.29) is 6.10 Å². The van der Waals surface area contributed by atoms with Crippen molar-refractivity contribution < 1.29 is 9.84 Å². The van der Waals surface area contributed by atoms with Gasteiger partial charge in [0.1, 0.15) is 0 Å². The number of rotatable bonds is 3. The van der Waals surface area contributed by atoms with Crippen LogP contribution in [0.4, 0.5) is 0 Å². The van der Waals surface area contributed by atoms with Crippen LogP contribution in [0.3, 0.4) is 0 Å². The van der Waals surface area contributed by atoms with E-state index in [1.54, 1.807) is 7.11 Å². The fraction of sp³-hybridized carbons (Fsp3) is 0.294. The highest BCUT2D eigenvalue weighted by atomic mass is 16.5. The molecule has 3 rings (SSSR count). The fourth-order valence-electron chi connectivity index (χ4n) is 2.77. The normalized spacial score (nSPS) is 17.5.